The molecule has 0 aliphatic carbocycles. The number of amidine groups is 1. The zero-order valence-electron chi connectivity index (χ0n) is 10.2. The van der Waals surface area contributed by atoms with Crippen molar-refractivity contribution in [3.8, 4) is 0 Å². The minimum atomic E-state index is 0.112. The van der Waals surface area contributed by atoms with E-state index in [-0.39, 0.29) is 12.1 Å². The van der Waals surface area contributed by atoms with Crippen molar-refractivity contribution in [1.82, 2.24) is 10.3 Å². The van der Waals surface area contributed by atoms with Crippen molar-refractivity contribution in [3.05, 3.63) is 66.0 Å². The summed E-state index contributed by atoms with van der Waals surface area (Å²) in [4.78, 5) is 8.87. The van der Waals surface area contributed by atoms with Gasteiger partial charge in [-0.1, -0.05) is 36.4 Å². The van der Waals surface area contributed by atoms with Gasteiger partial charge in [0.25, 0.3) is 0 Å². The summed E-state index contributed by atoms with van der Waals surface area (Å²) in [6.45, 7) is 2.01. The molecule has 1 N–H and O–H groups in total. The van der Waals surface area contributed by atoms with Crippen molar-refractivity contribution < 1.29 is 0 Å². The third-order valence-corrected chi connectivity index (χ3v) is 3.20. The van der Waals surface area contributed by atoms with E-state index in [1.54, 1.807) is 6.20 Å². The molecule has 1 aromatic carbocycles. The van der Waals surface area contributed by atoms with E-state index < -0.39 is 0 Å². The highest BCUT2D eigenvalue weighted by Gasteiger charge is 2.29. The lowest BCUT2D eigenvalue weighted by Crippen LogP contribution is -2.22. The summed E-state index contributed by atoms with van der Waals surface area (Å²) in [5.74, 6) is 0.984. The summed E-state index contributed by atoms with van der Waals surface area (Å²) in [5, 5.41) is 3.44. The summed E-state index contributed by atoms with van der Waals surface area (Å²) in [6.07, 6.45) is 3.68. The second-order valence-corrected chi connectivity index (χ2v) is 4.48. The van der Waals surface area contributed by atoms with E-state index in [0.717, 1.165) is 11.4 Å². The number of nitrogens with zero attached hydrogens (tertiary/aromatic N) is 2. The molecule has 0 radical (unpaired) electrons. The van der Waals surface area contributed by atoms with Crippen LogP contribution in [0.2, 0.25) is 0 Å². The Balaban J connectivity index is 1.97. The molecule has 18 heavy (non-hydrogen) atoms. The molecule has 0 unspecified atom stereocenters. The van der Waals surface area contributed by atoms with E-state index in [1.165, 1.54) is 5.56 Å². The first-order valence-electron chi connectivity index (χ1n) is 6.10. The Bertz CT molecular complexity index is 548. The van der Waals surface area contributed by atoms with Crippen molar-refractivity contribution >= 4 is 5.84 Å². The largest absolute Gasteiger partial charge is 0.365 e. The first kappa shape index (κ1) is 11.0. The highest BCUT2D eigenvalue weighted by atomic mass is 15.1. The number of pyridine rings is 1. The van der Waals surface area contributed by atoms with Crippen molar-refractivity contribution in [3.63, 3.8) is 0 Å². The summed E-state index contributed by atoms with van der Waals surface area (Å²) >= 11 is 0. The highest BCUT2D eigenvalue weighted by molar-refractivity contribution is 5.82. The maximum atomic E-state index is 4.68. The molecule has 1 aromatic heterocycles. The number of benzene rings is 1. The first-order valence-corrected chi connectivity index (χ1v) is 6.10. The molecule has 0 saturated heterocycles. The Hall–Kier alpha value is -2.16. The second-order valence-electron chi connectivity index (χ2n) is 4.48. The molecule has 0 fully saturated rings. The lowest BCUT2D eigenvalue weighted by Gasteiger charge is -2.19. The molecule has 2 atom stereocenters. The van der Waals surface area contributed by atoms with Gasteiger partial charge in [-0.2, -0.15) is 0 Å². The molecule has 2 aromatic rings. The van der Waals surface area contributed by atoms with Crippen LogP contribution in [-0.2, 0) is 0 Å². The summed E-state index contributed by atoms with van der Waals surface area (Å²) < 4.78 is 0. The molecular weight excluding hydrogens is 222 g/mol. The van der Waals surface area contributed by atoms with Crippen LogP contribution in [0.25, 0.3) is 0 Å². The quantitative estimate of drug-likeness (QED) is 0.872. The molecule has 3 rings (SSSR count). The van der Waals surface area contributed by atoms with Gasteiger partial charge in [-0.05, 0) is 24.1 Å². The molecule has 3 heteroatoms. The van der Waals surface area contributed by atoms with E-state index in [1.807, 2.05) is 25.3 Å². The zero-order valence-corrected chi connectivity index (χ0v) is 10.2. The highest BCUT2D eigenvalue weighted by Crippen LogP contribution is 2.35. The molecule has 1 aliphatic rings. The lowest BCUT2D eigenvalue weighted by molar-refractivity contribution is 0.570. The molecule has 0 bridgehead atoms. The van der Waals surface area contributed by atoms with E-state index in [9.17, 15) is 0 Å². The fourth-order valence-electron chi connectivity index (χ4n) is 2.37. The van der Waals surface area contributed by atoms with Gasteiger partial charge in [0.1, 0.15) is 6.04 Å². The SMILES string of the molecule is CC1=N[C@@H](c2cccnc2)[C@@H](c2ccccc2)N1. The first-order chi connectivity index (χ1) is 8.84. The predicted octanol–water partition coefficient (Wildman–Crippen LogP) is 2.89. The van der Waals surface area contributed by atoms with Gasteiger partial charge in [0, 0.05) is 12.4 Å². The molecule has 90 valence electrons. The van der Waals surface area contributed by atoms with Crippen molar-refractivity contribution in [1.29, 1.82) is 0 Å². The number of hydrogen-bond acceptors (Lipinski definition) is 3. The average molecular weight is 237 g/mol. The molecular formula is C15H15N3. The Morgan fingerprint density at radius 3 is 2.50 bits per heavy atom. The Kier molecular flexibility index (Phi) is 2.81. The maximum Gasteiger partial charge on any atom is 0.103 e. The summed E-state index contributed by atoms with van der Waals surface area (Å²) in [7, 11) is 0. The van der Waals surface area contributed by atoms with Gasteiger partial charge in [-0.25, -0.2) is 0 Å². The Labute approximate surface area is 107 Å². The number of hydrogen-bond donors (Lipinski definition) is 1. The van der Waals surface area contributed by atoms with Crippen LogP contribution in [0.3, 0.4) is 0 Å². The summed E-state index contributed by atoms with van der Waals surface area (Å²) in [5.41, 5.74) is 2.41. The third-order valence-electron chi connectivity index (χ3n) is 3.20. The number of rotatable bonds is 2. The van der Waals surface area contributed by atoms with Gasteiger partial charge >= 0.3 is 0 Å². The molecule has 3 nitrogen and oxygen atoms in total. The van der Waals surface area contributed by atoms with Gasteiger partial charge in [0.2, 0.25) is 0 Å². The van der Waals surface area contributed by atoms with Crippen LogP contribution in [0.5, 0.6) is 0 Å². The van der Waals surface area contributed by atoms with E-state index in [2.05, 4.69) is 45.6 Å². The maximum absolute atomic E-state index is 4.68. The van der Waals surface area contributed by atoms with Crippen LogP contribution in [0.1, 0.15) is 30.1 Å². The lowest BCUT2D eigenvalue weighted by atomic mass is 9.96. The topological polar surface area (TPSA) is 37.3 Å². The number of aromatic nitrogens is 1. The van der Waals surface area contributed by atoms with Crippen LogP contribution in [0.4, 0.5) is 0 Å². The van der Waals surface area contributed by atoms with Crippen molar-refractivity contribution in [2.75, 3.05) is 0 Å². The number of aliphatic imine (C=N–C) groups is 1. The van der Waals surface area contributed by atoms with Gasteiger partial charge < -0.3 is 5.32 Å². The second kappa shape index (κ2) is 4.61. The predicted molar refractivity (Wildman–Crippen MR) is 72.4 cm³/mol. The van der Waals surface area contributed by atoms with Gasteiger partial charge in [-0.3, -0.25) is 9.98 Å². The Morgan fingerprint density at radius 2 is 1.78 bits per heavy atom. The smallest absolute Gasteiger partial charge is 0.103 e. The van der Waals surface area contributed by atoms with Crippen LogP contribution in [0.15, 0.2) is 59.9 Å². The van der Waals surface area contributed by atoms with E-state index in [0.29, 0.717) is 0 Å². The average Bonchev–Trinajstić information content (AvgIpc) is 2.83. The molecule has 0 saturated carbocycles. The minimum absolute atomic E-state index is 0.112. The normalized spacial score (nSPS) is 22.4. The van der Waals surface area contributed by atoms with E-state index >= 15 is 0 Å². The van der Waals surface area contributed by atoms with E-state index in [4.69, 9.17) is 0 Å². The fourth-order valence-corrected chi connectivity index (χ4v) is 2.37. The van der Waals surface area contributed by atoms with Crippen LogP contribution < -0.4 is 5.32 Å². The monoisotopic (exact) mass is 237 g/mol. The van der Waals surface area contributed by atoms with Crippen molar-refractivity contribution in [2.24, 2.45) is 4.99 Å². The van der Waals surface area contributed by atoms with Crippen LogP contribution in [-0.4, -0.2) is 10.8 Å². The zero-order chi connectivity index (χ0) is 12.4. The number of nitrogens with one attached hydrogen (secondary N) is 1. The van der Waals surface area contributed by atoms with Crippen LogP contribution in [0, 0.1) is 0 Å². The minimum Gasteiger partial charge on any atom is -0.365 e. The van der Waals surface area contributed by atoms with Gasteiger partial charge in [0.15, 0.2) is 0 Å². The molecule has 0 spiro atoms. The van der Waals surface area contributed by atoms with Crippen molar-refractivity contribution in [2.45, 2.75) is 19.0 Å². The van der Waals surface area contributed by atoms with Gasteiger partial charge in [-0.15, -0.1) is 0 Å². The molecule has 1 aliphatic heterocycles. The van der Waals surface area contributed by atoms with Gasteiger partial charge in [0.05, 0.1) is 11.9 Å². The molecule has 0 amide bonds. The fraction of sp³-hybridized carbons (Fsp3) is 0.200. The van der Waals surface area contributed by atoms with Crippen LogP contribution >= 0.6 is 0 Å². The molecule has 2 heterocycles. The standard InChI is InChI=1S/C15H15N3/c1-11-17-14(12-6-3-2-4-7-12)15(18-11)13-8-5-9-16-10-13/h2-10,14-15H,1H3,(H,17,18)/t14-,15+/m1/s1. The summed E-state index contributed by atoms with van der Waals surface area (Å²) in [6, 6.07) is 14.8. The third kappa shape index (κ3) is 1.99. The Morgan fingerprint density at radius 1 is 1.00 bits per heavy atom.